The van der Waals surface area contributed by atoms with E-state index in [-0.39, 0.29) is 24.5 Å². The van der Waals surface area contributed by atoms with Gasteiger partial charge in [-0.1, -0.05) is 30.3 Å². The number of hydrogen-bond donors (Lipinski definition) is 1. The Morgan fingerprint density at radius 2 is 1.92 bits per heavy atom. The molecule has 0 bridgehead atoms. The van der Waals surface area contributed by atoms with E-state index in [2.05, 4.69) is 35.2 Å². The first kappa shape index (κ1) is 18.4. The molecule has 5 nitrogen and oxygen atoms in total. The molecule has 138 valence electrons. The first-order valence-corrected chi connectivity index (χ1v) is 9.17. The number of carbonyl (C=O) groups excluding carboxylic acids is 1. The predicted octanol–water partition coefficient (Wildman–Crippen LogP) is 1.90. The summed E-state index contributed by atoms with van der Waals surface area (Å²) in [5.41, 5.74) is 1.02. The van der Waals surface area contributed by atoms with E-state index in [0.29, 0.717) is 0 Å². The number of aliphatic hydroxyl groups excluding tert-OH is 1. The molecule has 25 heavy (non-hydrogen) atoms. The van der Waals surface area contributed by atoms with Crippen molar-refractivity contribution in [1.29, 1.82) is 0 Å². The van der Waals surface area contributed by atoms with E-state index in [1.807, 2.05) is 11.8 Å². The molecular weight excluding hydrogens is 316 g/mol. The Morgan fingerprint density at radius 1 is 1.24 bits per heavy atom. The summed E-state index contributed by atoms with van der Waals surface area (Å²) in [6.45, 7) is 5.92. The summed E-state index contributed by atoms with van der Waals surface area (Å²) in [6, 6.07) is 10.6. The number of hydrogen-bond acceptors (Lipinski definition) is 4. The molecule has 3 rings (SSSR count). The molecule has 5 heteroatoms. The number of rotatable bonds is 5. The van der Waals surface area contributed by atoms with Crippen LogP contribution in [-0.2, 0) is 16.1 Å². The van der Waals surface area contributed by atoms with Crippen molar-refractivity contribution < 1.29 is 14.6 Å². The molecule has 2 heterocycles. The fourth-order valence-electron chi connectivity index (χ4n) is 4.58. The second-order valence-electron chi connectivity index (χ2n) is 8.01. The van der Waals surface area contributed by atoms with E-state index in [1.54, 1.807) is 7.11 Å². The van der Waals surface area contributed by atoms with Crippen molar-refractivity contribution in [2.75, 3.05) is 40.0 Å². The van der Waals surface area contributed by atoms with E-state index in [9.17, 15) is 9.90 Å². The maximum Gasteiger partial charge on any atom is 0.249 e. The van der Waals surface area contributed by atoms with Crippen LogP contribution >= 0.6 is 0 Å². The van der Waals surface area contributed by atoms with Crippen molar-refractivity contribution in [3.63, 3.8) is 0 Å². The lowest BCUT2D eigenvalue weighted by molar-refractivity contribution is -0.140. The molecule has 1 N–H and O–H groups in total. The van der Waals surface area contributed by atoms with Gasteiger partial charge in [0, 0.05) is 20.2 Å². The number of ether oxygens (including phenoxy) is 1. The maximum atomic E-state index is 12.4. The van der Waals surface area contributed by atoms with Gasteiger partial charge >= 0.3 is 0 Å². The van der Waals surface area contributed by atoms with Crippen LogP contribution in [0.1, 0.15) is 31.7 Å². The van der Waals surface area contributed by atoms with Crippen LogP contribution in [0.25, 0.3) is 0 Å². The van der Waals surface area contributed by atoms with Gasteiger partial charge in [0.05, 0.1) is 12.1 Å². The highest BCUT2D eigenvalue weighted by atomic mass is 16.5. The average molecular weight is 346 g/mol. The van der Waals surface area contributed by atoms with Gasteiger partial charge in [-0.3, -0.25) is 9.69 Å². The lowest BCUT2D eigenvalue weighted by Crippen LogP contribution is -2.49. The van der Waals surface area contributed by atoms with Gasteiger partial charge in [0.2, 0.25) is 5.91 Å². The summed E-state index contributed by atoms with van der Waals surface area (Å²) in [4.78, 5) is 16.8. The van der Waals surface area contributed by atoms with Crippen LogP contribution in [0.4, 0.5) is 0 Å². The Hall–Kier alpha value is -1.43. The third-order valence-electron chi connectivity index (χ3n) is 5.98. The minimum Gasteiger partial charge on any atom is -0.394 e. The number of piperidine rings is 1. The minimum atomic E-state index is -0.461. The lowest BCUT2D eigenvalue weighted by Gasteiger charge is -2.39. The third-order valence-corrected chi connectivity index (χ3v) is 5.98. The fraction of sp³-hybridized carbons (Fsp3) is 0.650. The van der Waals surface area contributed by atoms with Gasteiger partial charge in [0.25, 0.3) is 0 Å². The van der Waals surface area contributed by atoms with Gasteiger partial charge < -0.3 is 14.7 Å². The maximum absolute atomic E-state index is 12.4. The lowest BCUT2D eigenvalue weighted by atomic mass is 9.74. The number of methoxy groups -OCH3 is 1. The minimum absolute atomic E-state index is 0.0114. The van der Waals surface area contributed by atoms with E-state index in [4.69, 9.17) is 4.74 Å². The molecule has 1 atom stereocenters. The molecule has 0 saturated carbocycles. The average Bonchev–Trinajstić information content (AvgIpc) is 2.92. The molecule has 2 fully saturated rings. The molecule has 2 saturated heterocycles. The normalized spacial score (nSPS) is 26.3. The first-order valence-electron chi connectivity index (χ1n) is 9.17. The number of carbonyl (C=O) groups is 1. The molecule has 2 aliphatic rings. The Labute approximate surface area is 150 Å². The topological polar surface area (TPSA) is 53.0 Å². The molecule has 0 aromatic heterocycles. The Bertz CT molecular complexity index is 584. The van der Waals surface area contributed by atoms with Crippen LogP contribution in [0.3, 0.4) is 0 Å². The third kappa shape index (κ3) is 3.89. The van der Waals surface area contributed by atoms with Crippen molar-refractivity contribution in [3.05, 3.63) is 35.9 Å². The number of aliphatic hydroxyl groups is 1. The Kier molecular flexibility index (Phi) is 5.46. The van der Waals surface area contributed by atoms with Crippen LogP contribution in [0, 0.1) is 5.41 Å². The predicted molar refractivity (Wildman–Crippen MR) is 97.1 cm³/mol. The van der Waals surface area contributed by atoms with Crippen LogP contribution in [0.5, 0.6) is 0 Å². The number of benzene rings is 1. The SMILES string of the molecule is COCC(=O)N1CC2(CCN(Cc3ccccc3)CC2)C[C@@]1(C)CO. The quantitative estimate of drug-likeness (QED) is 0.885. The molecule has 0 radical (unpaired) electrons. The van der Waals surface area contributed by atoms with Gasteiger partial charge in [0.1, 0.15) is 6.61 Å². The molecule has 1 aromatic carbocycles. The highest BCUT2D eigenvalue weighted by Crippen LogP contribution is 2.48. The zero-order chi connectivity index (χ0) is 17.9. The number of nitrogens with zero attached hydrogens (tertiary/aromatic N) is 2. The largest absolute Gasteiger partial charge is 0.394 e. The standard InChI is InChI=1S/C20H30N2O3/c1-19(16-23)14-20(15-22(19)18(24)13-25-2)8-10-21(11-9-20)12-17-6-4-3-5-7-17/h3-7,23H,8-16H2,1-2H3/t19-/m0/s1. The Balaban J connectivity index is 1.63. The molecule has 1 amide bonds. The second kappa shape index (κ2) is 7.44. The Morgan fingerprint density at radius 3 is 2.52 bits per heavy atom. The highest BCUT2D eigenvalue weighted by molar-refractivity contribution is 5.78. The number of likely N-dealkylation sites (tertiary alicyclic amines) is 2. The van der Waals surface area contributed by atoms with Crippen molar-refractivity contribution >= 4 is 5.91 Å². The van der Waals surface area contributed by atoms with Crippen LogP contribution in [-0.4, -0.2) is 66.3 Å². The molecule has 2 aliphatic heterocycles. The summed E-state index contributed by atoms with van der Waals surface area (Å²) < 4.78 is 5.03. The fourth-order valence-corrected chi connectivity index (χ4v) is 4.58. The van der Waals surface area contributed by atoms with Gasteiger partial charge in [-0.2, -0.15) is 0 Å². The zero-order valence-corrected chi connectivity index (χ0v) is 15.4. The zero-order valence-electron chi connectivity index (χ0n) is 15.4. The highest BCUT2D eigenvalue weighted by Gasteiger charge is 2.52. The molecular formula is C20H30N2O3. The van der Waals surface area contributed by atoms with Crippen molar-refractivity contribution in [2.45, 2.75) is 38.3 Å². The van der Waals surface area contributed by atoms with Crippen molar-refractivity contribution in [1.82, 2.24) is 9.80 Å². The van der Waals surface area contributed by atoms with Crippen LogP contribution in [0.2, 0.25) is 0 Å². The van der Waals surface area contributed by atoms with Gasteiger partial charge in [0.15, 0.2) is 0 Å². The van der Waals surface area contributed by atoms with E-state index >= 15 is 0 Å². The summed E-state index contributed by atoms with van der Waals surface area (Å²) in [6.07, 6.45) is 3.03. The summed E-state index contributed by atoms with van der Waals surface area (Å²) in [5, 5.41) is 9.93. The molecule has 0 aliphatic carbocycles. The smallest absolute Gasteiger partial charge is 0.249 e. The van der Waals surface area contributed by atoms with Crippen molar-refractivity contribution in [3.8, 4) is 0 Å². The van der Waals surface area contributed by atoms with E-state index in [1.165, 1.54) is 5.56 Å². The molecule has 0 unspecified atom stereocenters. The van der Waals surface area contributed by atoms with Gasteiger partial charge in [-0.05, 0) is 50.3 Å². The first-order chi connectivity index (χ1) is 12.0. The second-order valence-corrected chi connectivity index (χ2v) is 8.01. The van der Waals surface area contributed by atoms with Gasteiger partial charge in [-0.15, -0.1) is 0 Å². The summed E-state index contributed by atoms with van der Waals surface area (Å²) >= 11 is 0. The van der Waals surface area contributed by atoms with E-state index < -0.39 is 5.54 Å². The monoisotopic (exact) mass is 346 g/mol. The van der Waals surface area contributed by atoms with Crippen LogP contribution in [0.15, 0.2) is 30.3 Å². The van der Waals surface area contributed by atoms with Crippen molar-refractivity contribution in [2.24, 2.45) is 5.41 Å². The number of amides is 1. The summed E-state index contributed by atoms with van der Waals surface area (Å²) in [7, 11) is 1.54. The molecule has 1 spiro atoms. The van der Waals surface area contributed by atoms with E-state index in [0.717, 1.165) is 45.4 Å². The summed E-state index contributed by atoms with van der Waals surface area (Å²) in [5.74, 6) is -0.0114. The molecule has 1 aromatic rings. The van der Waals surface area contributed by atoms with Crippen LogP contribution < -0.4 is 0 Å². The van der Waals surface area contributed by atoms with Gasteiger partial charge in [-0.25, -0.2) is 0 Å².